The van der Waals surface area contributed by atoms with E-state index in [2.05, 4.69) is 40.4 Å². The average Bonchev–Trinajstić information content (AvgIpc) is 2.46. The van der Waals surface area contributed by atoms with Crippen molar-refractivity contribution in [3.05, 3.63) is 45.6 Å². The lowest BCUT2D eigenvalue weighted by Gasteiger charge is -2.28. The lowest BCUT2D eigenvalue weighted by molar-refractivity contribution is -0.139. The maximum absolute atomic E-state index is 12.5. The first kappa shape index (κ1) is 17.5. The number of ether oxygens (including phenoxy) is 1. The molecule has 0 aromatic heterocycles. The molecule has 2 amide bonds. The van der Waals surface area contributed by atoms with E-state index in [1.54, 1.807) is 6.92 Å². The smallest absolute Gasteiger partial charge is 0.338 e. The summed E-state index contributed by atoms with van der Waals surface area (Å²) < 4.78 is 6.31. The number of carbonyl (C=O) groups is 2. The van der Waals surface area contributed by atoms with Crippen LogP contribution < -0.4 is 10.6 Å². The van der Waals surface area contributed by atoms with Crippen LogP contribution in [0.1, 0.15) is 38.8 Å². The summed E-state index contributed by atoms with van der Waals surface area (Å²) >= 11 is 3.38. The van der Waals surface area contributed by atoms with Gasteiger partial charge >= 0.3 is 12.0 Å². The van der Waals surface area contributed by atoms with Crippen LogP contribution in [0.2, 0.25) is 0 Å². The first-order chi connectivity index (χ1) is 10.9. The van der Waals surface area contributed by atoms with Crippen LogP contribution in [0.3, 0.4) is 0 Å². The highest BCUT2D eigenvalue weighted by Crippen LogP contribution is 2.28. The van der Waals surface area contributed by atoms with E-state index in [1.165, 1.54) is 0 Å². The van der Waals surface area contributed by atoms with E-state index in [1.807, 2.05) is 24.3 Å². The maximum atomic E-state index is 12.5. The van der Waals surface area contributed by atoms with Gasteiger partial charge in [0, 0.05) is 10.2 Å². The van der Waals surface area contributed by atoms with E-state index in [0.717, 1.165) is 16.5 Å². The average molecular weight is 381 g/mol. The summed E-state index contributed by atoms with van der Waals surface area (Å²) in [5, 5.41) is 5.43. The van der Waals surface area contributed by atoms with Gasteiger partial charge in [0.05, 0.1) is 18.2 Å². The van der Waals surface area contributed by atoms with Crippen LogP contribution in [0.15, 0.2) is 40.0 Å². The lowest BCUT2D eigenvalue weighted by atomic mass is 9.96. The standard InChI is InChI=1S/C17H21BrN2O3/c1-10(2)8-9-23-16(21)14-11(3)19-17(22)20-15(14)12-4-6-13(18)7-5-12/h4-7,10,15H,8-9H2,1-3H3,(H2,19,20,22). The third-order valence-corrected chi connectivity index (χ3v) is 4.15. The summed E-state index contributed by atoms with van der Waals surface area (Å²) in [6, 6.07) is 6.66. The van der Waals surface area contributed by atoms with Crippen molar-refractivity contribution in [3.63, 3.8) is 0 Å². The van der Waals surface area contributed by atoms with Gasteiger partial charge in [-0.25, -0.2) is 9.59 Å². The van der Waals surface area contributed by atoms with Crippen LogP contribution in [-0.4, -0.2) is 18.6 Å². The quantitative estimate of drug-likeness (QED) is 0.765. The Kier molecular flexibility index (Phi) is 5.82. The van der Waals surface area contributed by atoms with Gasteiger partial charge in [-0.3, -0.25) is 0 Å². The van der Waals surface area contributed by atoms with E-state index in [-0.39, 0.29) is 6.03 Å². The normalized spacial score (nSPS) is 17.8. The lowest BCUT2D eigenvalue weighted by Crippen LogP contribution is -2.45. The van der Waals surface area contributed by atoms with Crippen molar-refractivity contribution in [2.75, 3.05) is 6.61 Å². The molecule has 0 spiro atoms. The summed E-state index contributed by atoms with van der Waals surface area (Å²) in [5.74, 6) is 0.0629. The van der Waals surface area contributed by atoms with Gasteiger partial charge in [-0.1, -0.05) is 41.9 Å². The number of nitrogens with one attached hydrogen (secondary N) is 2. The van der Waals surface area contributed by atoms with Crippen LogP contribution in [0.4, 0.5) is 4.79 Å². The van der Waals surface area contributed by atoms with E-state index in [4.69, 9.17) is 4.74 Å². The molecule has 1 aromatic rings. The Balaban J connectivity index is 2.24. The summed E-state index contributed by atoms with van der Waals surface area (Å²) in [6.07, 6.45) is 0.806. The summed E-state index contributed by atoms with van der Waals surface area (Å²) in [7, 11) is 0. The van der Waals surface area contributed by atoms with Crippen LogP contribution in [-0.2, 0) is 9.53 Å². The third-order valence-electron chi connectivity index (χ3n) is 3.62. The molecule has 1 atom stereocenters. The molecule has 0 bridgehead atoms. The number of esters is 1. The Hall–Kier alpha value is -1.82. The Morgan fingerprint density at radius 1 is 1.30 bits per heavy atom. The molecular weight excluding hydrogens is 360 g/mol. The van der Waals surface area contributed by atoms with Gasteiger partial charge in [-0.15, -0.1) is 0 Å². The number of hydrogen-bond donors (Lipinski definition) is 2. The topological polar surface area (TPSA) is 67.4 Å². The highest BCUT2D eigenvalue weighted by atomic mass is 79.9. The van der Waals surface area contributed by atoms with Crippen LogP contribution in [0, 0.1) is 5.92 Å². The van der Waals surface area contributed by atoms with Crippen molar-refractivity contribution in [2.45, 2.75) is 33.2 Å². The van der Waals surface area contributed by atoms with E-state index in [0.29, 0.717) is 23.8 Å². The Labute approximate surface area is 144 Å². The molecule has 0 radical (unpaired) electrons. The van der Waals surface area contributed by atoms with Crippen molar-refractivity contribution in [2.24, 2.45) is 5.92 Å². The number of carbonyl (C=O) groups excluding carboxylic acids is 2. The largest absolute Gasteiger partial charge is 0.462 e. The van der Waals surface area contributed by atoms with Crippen molar-refractivity contribution in [1.82, 2.24) is 10.6 Å². The van der Waals surface area contributed by atoms with Crippen molar-refractivity contribution < 1.29 is 14.3 Å². The summed E-state index contributed by atoms with van der Waals surface area (Å²) in [6.45, 7) is 6.23. The molecule has 1 aliphatic heterocycles. The Morgan fingerprint density at radius 3 is 2.57 bits per heavy atom. The first-order valence-corrected chi connectivity index (χ1v) is 8.38. The second-order valence-corrected chi connectivity index (χ2v) is 6.86. The van der Waals surface area contributed by atoms with Gasteiger partial charge in [0.25, 0.3) is 0 Å². The number of amides is 2. The Morgan fingerprint density at radius 2 is 1.96 bits per heavy atom. The molecule has 6 heteroatoms. The van der Waals surface area contributed by atoms with Gasteiger partial charge in [0.15, 0.2) is 0 Å². The Bertz CT molecular complexity index is 623. The number of hydrogen-bond acceptors (Lipinski definition) is 3. The van der Waals surface area contributed by atoms with Gasteiger partial charge in [-0.2, -0.15) is 0 Å². The molecule has 0 saturated carbocycles. The highest BCUT2D eigenvalue weighted by Gasteiger charge is 2.32. The predicted molar refractivity (Wildman–Crippen MR) is 91.7 cm³/mol. The zero-order chi connectivity index (χ0) is 17.0. The predicted octanol–water partition coefficient (Wildman–Crippen LogP) is 3.67. The molecule has 1 unspecified atom stereocenters. The molecule has 0 aliphatic carbocycles. The molecule has 1 heterocycles. The molecule has 0 saturated heterocycles. The number of urea groups is 1. The molecule has 2 rings (SSSR count). The molecular formula is C17H21BrN2O3. The molecule has 124 valence electrons. The molecule has 1 aliphatic rings. The summed E-state index contributed by atoms with van der Waals surface area (Å²) in [4.78, 5) is 24.2. The minimum absolute atomic E-state index is 0.325. The van der Waals surface area contributed by atoms with E-state index in [9.17, 15) is 9.59 Å². The zero-order valence-electron chi connectivity index (χ0n) is 13.5. The van der Waals surface area contributed by atoms with Crippen LogP contribution in [0.25, 0.3) is 0 Å². The highest BCUT2D eigenvalue weighted by molar-refractivity contribution is 9.10. The van der Waals surface area contributed by atoms with Crippen molar-refractivity contribution in [1.29, 1.82) is 0 Å². The molecule has 0 fully saturated rings. The minimum atomic E-state index is -0.511. The van der Waals surface area contributed by atoms with Gasteiger partial charge in [0.2, 0.25) is 0 Å². The minimum Gasteiger partial charge on any atom is -0.462 e. The fourth-order valence-electron chi connectivity index (χ4n) is 2.33. The van der Waals surface area contributed by atoms with E-state index >= 15 is 0 Å². The molecule has 5 nitrogen and oxygen atoms in total. The fourth-order valence-corrected chi connectivity index (χ4v) is 2.60. The van der Waals surface area contributed by atoms with Gasteiger partial charge < -0.3 is 15.4 Å². The zero-order valence-corrected chi connectivity index (χ0v) is 15.1. The number of allylic oxidation sites excluding steroid dienone is 1. The number of rotatable bonds is 5. The van der Waals surface area contributed by atoms with Crippen molar-refractivity contribution >= 4 is 27.9 Å². The maximum Gasteiger partial charge on any atom is 0.338 e. The van der Waals surface area contributed by atoms with Gasteiger partial charge in [0.1, 0.15) is 0 Å². The molecule has 1 aromatic carbocycles. The van der Waals surface area contributed by atoms with E-state index < -0.39 is 12.0 Å². The van der Waals surface area contributed by atoms with Crippen LogP contribution >= 0.6 is 15.9 Å². The van der Waals surface area contributed by atoms with Gasteiger partial charge in [-0.05, 0) is 37.0 Å². The number of benzene rings is 1. The number of halogens is 1. The van der Waals surface area contributed by atoms with Crippen molar-refractivity contribution in [3.8, 4) is 0 Å². The molecule has 2 N–H and O–H groups in total. The second kappa shape index (κ2) is 7.64. The fraction of sp³-hybridized carbons (Fsp3) is 0.412. The third kappa shape index (κ3) is 4.58. The monoisotopic (exact) mass is 380 g/mol. The summed E-state index contributed by atoms with van der Waals surface area (Å²) in [5.41, 5.74) is 1.80. The molecule has 23 heavy (non-hydrogen) atoms. The van der Waals surface area contributed by atoms with Crippen LogP contribution in [0.5, 0.6) is 0 Å². The SMILES string of the molecule is CC1=C(C(=O)OCCC(C)C)C(c2ccc(Br)cc2)NC(=O)N1. The first-order valence-electron chi connectivity index (χ1n) is 7.59. The second-order valence-electron chi connectivity index (χ2n) is 5.94.